The van der Waals surface area contributed by atoms with Crippen LogP contribution in [0.25, 0.3) is 33.0 Å². The van der Waals surface area contributed by atoms with Crippen molar-refractivity contribution in [1.82, 2.24) is 0 Å². The summed E-state index contributed by atoms with van der Waals surface area (Å²) in [5.41, 5.74) is 17.4. The van der Waals surface area contributed by atoms with Crippen molar-refractivity contribution in [2.24, 2.45) is 0 Å². The normalized spacial score (nSPS) is 14.2. The van der Waals surface area contributed by atoms with Crippen LogP contribution in [-0.4, -0.2) is 0 Å². The number of hydrogen-bond acceptors (Lipinski definition) is 2. The fraction of sp³-hybridized carbons (Fsp3) is 0.115. The van der Waals surface area contributed by atoms with Crippen LogP contribution in [0, 0.1) is 0 Å². The lowest BCUT2D eigenvalue weighted by atomic mass is 9.82. The Kier molecular flexibility index (Phi) is 7.22. The summed E-state index contributed by atoms with van der Waals surface area (Å²) in [6.45, 7) is 9.49. The fourth-order valence-corrected chi connectivity index (χ4v) is 9.25. The Morgan fingerprint density at radius 1 is 0.315 bits per heavy atom. The van der Waals surface area contributed by atoms with E-state index in [0.29, 0.717) is 0 Å². The summed E-state index contributed by atoms with van der Waals surface area (Å²) in [7, 11) is 0. The van der Waals surface area contributed by atoms with E-state index in [1.54, 1.807) is 0 Å². The molecule has 0 fully saturated rings. The molecule has 0 saturated carbocycles. The van der Waals surface area contributed by atoms with Gasteiger partial charge in [0.25, 0.3) is 0 Å². The van der Waals surface area contributed by atoms with E-state index in [1.807, 2.05) is 0 Å². The zero-order valence-corrected chi connectivity index (χ0v) is 31.2. The zero-order chi connectivity index (χ0) is 36.6. The number of nitrogens with zero attached hydrogens (tertiary/aromatic N) is 2. The highest BCUT2D eigenvalue weighted by atomic mass is 15.1. The van der Waals surface area contributed by atoms with Crippen molar-refractivity contribution in [1.29, 1.82) is 0 Å². The van der Waals surface area contributed by atoms with E-state index < -0.39 is 0 Å². The largest absolute Gasteiger partial charge is 0.310 e. The zero-order valence-electron chi connectivity index (χ0n) is 31.2. The second-order valence-electron chi connectivity index (χ2n) is 15.8. The highest BCUT2D eigenvalue weighted by Gasteiger charge is 2.38. The lowest BCUT2D eigenvalue weighted by Gasteiger charge is -2.30. The van der Waals surface area contributed by atoms with Crippen molar-refractivity contribution in [3.05, 3.63) is 204 Å². The van der Waals surface area contributed by atoms with Crippen molar-refractivity contribution in [2.45, 2.75) is 38.5 Å². The maximum absolute atomic E-state index is 2.44. The van der Waals surface area contributed by atoms with Crippen LogP contribution in [0.1, 0.15) is 49.9 Å². The summed E-state index contributed by atoms with van der Waals surface area (Å²) in [6.07, 6.45) is 0. The Morgan fingerprint density at radius 3 is 1.33 bits per heavy atom. The molecule has 2 aliphatic rings. The van der Waals surface area contributed by atoms with Gasteiger partial charge in [-0.2, -0.15) is 0 Å². The van der Waals surface area contributed by atoms with E-state index in [0.717, 1.165) is 22.7 Å². The molecule has 0 amide bonds. The molecule has 2 aliphatic carbocycles. The van der Waals surface area contributed by atoms with Gasteiger partial charge in [0.15, 0.2) is 0 Å². The molecule has 260 valence electrons. The number of benzene rings is 8. The molecule has 2 nitrogen and oxygen atoms in total. The van der Waals surface area contributed by atoms with Gasteiger partial charge in [-0.05, 0) is 117 Å². The monoisotopic (exact) mass is 694 g/mol. The van der Waals surface area contributed by atoms with Crippen molar-refractivity contribution in [3.63, 3.8) is 0 Å². The third-order valence-corrected chi connectivity index (χ3v) is 12.0. The SMILES string of the molecule is CC1(C)c2ccccc2-c2ccc(N(c3ccccc3)c3ccc4c(c3)C(C)(C)c3cc(N(c5ccccc5)c5cccc6ccccc56)ccc3-4)cc21. The molecule has 0 atom stereocenters. The Balaban J connectivity index is 1.09. The number of rotatable bonds is 6. The summed E-state index contributed by atoms with van der Waals surface area (Å²) in [5.74, 6) is 0. The molecule has 0 aromatic heterocycles. The Morgan fingerprint density at radius 2 is 0.741 bits per heavy atom. The third kappa shape index (κ3) is 4.87. The van der Waals surface area contributed by atoms with Gasteiger partial charge in [-0.25, -0.2) is 0 Å². The van der Waals surface area contributed by atoms with Crippen LogP contribution < -0.4 is 9.80 Å². The summed E-state index contributed by atoms with van der Waals surface area (Å²) in [5, 5.41) is 2.47. The Bertz CT molecular complexity index is 2720. The first-order valence-electron chi connectivity index (χ1n) is 19.0. The van der Waals surface area contributed by atoms with Gasteiger partial charge in [-0.1, -0.05) is 143 Å². The second kappa shape index (κ2) is 12.1. The molecule has 10 rings (SSSR count). The topological polar surface area (TPSA) is 6.48 Å². The van der Waals surface area contributed by atoms with Gasteiger partial charge in [-0.3, -0.25) is 0 Å². The summed E-state index contributed by atoms with van der Waals surface area (Å²) < 4.78 is 0. The van der Waals surface area contributed by atoms with Crippen molar-refractivity contribution in [3.8, 4) is 22.3 Å². The number of anilines is 6. The highest BCUT2D eigenvalue weighted by Crippen LogP contribution is 2.54. The second-order valence-corrected chi connectivity index (χ2v) is 15.8. The maximum atomic E-state index is 2.44. The first-order chi connectivity index (χ1) is 26.3. The van der Waals surface area contributed by atoms with Crippen LogP contribution >= 0.6 is 0 Å². The quantitative estimate of drug-likeness (QED) is 0.171. The minimum absolute atomic E-state index is 0.0801. The van der Waals surface area contributed by atoms with Crippen molar-refractivity contribution in [2.75, 3.05) is 9.80 Å². The van der Waals surface area contributed by atoms with E-state index in [1.165, 1.54) is 66.7 Å². The van der Waals surface area contributed by atoms with Gasteiger partial charge >= 0.3 is 0 Å². The maximum Gasteiger partial charge on any atom is 0.0540 e. The first kappa shape index (κ1) is 32.3. The summed E-state index contributed by atoms with van der Waals surface area (Å²) >= 11 is 0. The summed E-state index contributed by atoms with van der Waals surface area (Å²) in [4.78, 5) is 4.85. The molecule has 0 unspecified atom stereocenters. The van der Waals surface area contributed by atoms with Gasteiger partial charge in [-0.15, -0.1) is 0 Å². The average molecular weight is 695 g/mol. The molecule has 0 N–H and O–H groups in total. The number of fused-ring (bicyclic) bond motifs is 7. The predicted octanol–water partition coefficient (Wildman–Crippen LogP) is 14.4. The average Bonchev–Trinajstić information content (AvgIpc) is 3.58. The molecule has 0 bridgehead atoms. The molecule has 0 saturated heterocycles. The van der Waals surface area contributed by atoms with Crippen LogP contribution in [0.4, 0.5) is 34.1 Å². The predicted molar refractivity (Wildman–Crippen MR) is 228 cm³/mol. The van der Waals surface area contributed by atoms with E-state index in [4.69, 9.17) is 0 Å². The molecule has 0 heterocycles. The van der Waals surface area contributed by atoms with Crippen molar-refractivity contribution >= 4 is 44.9 Å². The van der Waals surface area contributed by atoms with E-state index >= 15 is 0 Å². The van der Waals surface area contributed by atoms with Crippen LogP contribution in [0.5, 0.6) is 0 Å². The molecule has 0 radical (unpaired) electrons. The lowest BCUT2D eigenvalue weighted by Crippen LogP contribution is -2.18. The summed E-state index contributed by atoms with van der Waals surface area (Å²) in [6, 6.07) is 67.0. The smallest absolute Gasteiger partial charge is 0.0540 e. The van der Waals surface area contributed by atoms with Gasteiger partial charge in [0.1, 0.15) is 0 Å². The van der Waals surface area contributed by atoms with Crippen LogP contribution in [-0.2, 0) is 10.8 Å². The van der Waals surface area contributed by atoms with Crippen LogP contribution in [0.15, 0.2) is 182 Å². The highest BCUT2D eigenvalue weighted by molar-refractivity contribution is 5.99. The molecule has 0 spiro atoms. The molecule has 8 aromatic carbocycles. The minimum Gasteiger partial charge on any atom is -0.310 e. The van der Waals surface area contributed by atoms with Crippen LogP contribution in [0.3, 0.4) is 0 Å². The van der Waals surface area contributed by atoms with Gasteiger partial charge < -0.3 is 9.80 Å². The van der Waals surface area contributed by atoms with Gasteiger partial charge in [0, 0.05) is 44.7 Å². The lowest BCUT2D eigenvalue weighted by molar-refractivity contribution is 0.660. The molecular formula is C52H42N2. The molecule has 8 aromatic rings. The van der Waals surface area contributed by atoms with Crippen LogP contribution in [0.2, 0.25) is 0 Å². The van der Waals surface area contributed by atoms with E-state index in [2.05, 4.69) is 219 Å². The number of para-hydroxylation sites is 2. The molecular weight excluding hydrogens is 653 g/mol. The standard InChI is InChI=1S/C52H42N2/c1-51(2)46-24-14-13-23-42(46)43-29-26-38(32-47(43)51)53(36-18-7-5-8-19-36)39-27-30-44-45-31-28-40(34-49(45)52(3,4)48(44)33-39)54(37-20-9-6-10-21-37)50-25-15-17-35-16-11-12-22-41(35)50/h5-34H,1-4H3. The van der Waals surface area contributed by atoms with Gasteiger partial charge in [0.2, 0.25) is 0 Å². The molecule has 0 aliphatic heterocycles. The van der Waals surface area contributed by atoms with E-state index in [9.17, 15) is 0 Å². The number of hydrogen-bond donors (Lipinski definition) is 0. The first-order valence-corrected chi connectivity index (χ1v) is 19.0. The fourth-order valence-electron chi connectivity index (χ4n) is 9.25. The molecule has 54 heavy (non-hydrogen) atoms. The Labute approximate surface area is 318 Å². The van der Waals surface area contributed by atoms with Crippen molar-refractivity contribution < 1.29 is 0 Å². The van der Waals surface area contributed by atoms with E-state index in [-0.39, 0.29) is 10.8 Å². The minimum atomic E-state index is -0.221. The van der Waals surface area contributed by atoms with Gasteiger partial charge in [0.05, 0.1) is 5.69 Å². The Hall–Kier alpha value is -6.38. The third-order valence-electron chi connectivity index (χ3n) is 12.0. The molecule has 2 heteroatoms.